The number of fused-ring (bicyclic) bond motifs is 1. The second kappa shape index (κ2) is 7.92. The second-order valence-corrected chi connectivity index (χ2v) is 6.51. The maximum atomic E-state index is 12.5. The summed E-state index contributed by atoms with van der Waals surface area (Å²) in [4.78, 5) is 41.0. The molecule has 0 aliphatic rings. The molecule has 1 aromatic heterocycles. The van der Waals surface area contributed by atoms with Crippen molar-refractivity contribution in [3.05, 3.63) is 40.4 Å². The number of hydrogen-bond donors (Lipinski definition) is 2. The van der Waals surface area contributed by atoms with Gasteiger partial charge in [0.2, 0.25) is 11.8 Å². The van der Waals surface area contributed by atoms with Gasteiger partial charge in [-0.1, -0.05) is 26.0 Å². The van der Waals surface area contributed by atoms with E-state index in [0.29, 0.717) is 17.3 Å². The van der Waals surface area contributed by atoms with Crippen molar-refractivity contribution in [3.8, 4) is 0 Å². The molecule has 0 saturated carbocycles. The van der Waals surface area contributed by atoms with Crippen LogP contribution < -0.4 is 16.2 Å². The molecule has 1 aromatic carbocycles. The topological polar surface area (TPSA) is 93.1 Å². The van der Waals surface area contributed by atoms with E-state index in [0.717, 1.165) is 5.56 Å². The maximum Gasteiger partial charge on any atom is 0.261 e. The average molecular weight is 344 g/mol. The molecule has 2 amide bonds. The van der Waals surface area contributed by atoms with E-state index >= 15 is 0 Å². The van der Waals surface area contributed by atoms with Crippen LogP contribution in [0.2, 0.25) is 0 Å². The fourth-order valence-corrected chi connectivity index (χ4v) is 2.72. The Balaban J connectivity index is 2.20. The van der Waals surface area contributed by atoms with Gasteiger partial charge in [-0.15, -0.1) is 0 Å². The molecule has 134 valence electrons. The van der Waals surface area contributed by atoms with E-state index in [2.05, 4.69) is 15.6 Å². The summed E-state index contributed by atoms with van der Waals surface area (Å²) in [6.45, 7) is 5.65. The van der Waals surface area contributed by atoms with Gasteiger partial charge in [0.25, 0.3) is 5.56 Å². The summed E-state index contributed by atoms with van der Waals surface area (Å²) in [5.74, 6) is -0.401. The van der Waals surface area contributed by atoms with Crippen molar-refractivity contribution in [2.45, 2.75) is 39.8 Å². The van der Waals surface area contributed by atoms with Gasteiger partial charge >= 0.3 is 0 Å². The Labute approximate surface area is 146 Å². The Morgan fingerprint density at radius 2 is 2.00 bits per heavy atom. The standard InChI is InChI=1S/C18H24N4O3/c1-11(2)8-14(17(24)19-4)21-15(23)9-22-10-20-16-12(3)6-5-7-13(16)18(22)25/h5-7,10-11,14H,8-9H2,1-4H3,(H,19,24)(H,21,23). The predicted octanol–water partition coefficient (Wildman–Crippen LogP) is 0.982. The fraction of sp³-hybridized carbons (Fsp3) is 0.444. The SMILES string of the molecule is CNC(=O)C(CC(C)C)NC(=O)Cn1cnc2c(C)cccc2c1=O. The number of para-hydroxylation sites is 1. The molecule has 1 heterocycles. The summed E-state index contributed by atoms with van der Waals surface area (Å²) in [6.07, 6.45) is 1.89. The molecule has 2 N–H and O–H groups in total. The molecule has 0 spiro atoms. The monoisotopic (exact) mass is 344 g/mol. The fourth-order valence-electron chi connectivity index (χ4n) is 2.72. The van der Waals surface area contributed by atoms with Crippen LogP contribution >= 0.6 is 0 Å². The van der Waals surface area contributed by atoms with Crippen molar-refractivity contribution in [1.29, 1.82) is 0 Å². The minimum absolute atomic E-state index is 0.179. The Bertz CT molecular complexity index is 842. The lowest BCUT2D eigenvalue weighted by molar-refractivity contribution is -0.129. The van der Waals surface area contributed by atoms with Gasteiger partial charge in [0.15, 0.2) is 0 Å². The van der Waals surface area contributed by atoms with Crippen molar-refractivity contribution < 1.29 is 9.59 Å². The van der Waals surface area contributed by atoms with Crippen molar-refractivity contribution in [2.75, 3.05) is 7.05 Å². The lowest BCUT2D eigenvalue weighted by atomic mass is 10.0. The van der Waals surface area contributed by atoms with Crippen LogP contribution in [0.25, 0.3) is 10.9 Å². The Morgan fingerprint density at radius 3 is 2.64 bits per heavy atom. The quantitative estimate of drug-likeness (QED) is 0.817. The molecule has 1 atom stereocenters. The molecule has 0 fully saturated rings. The number of nitrogens with one attached hydrogen (secondary N) is 2. The number of carbonyl (C=O) groups is 2. The first-order chi connectivity index (χ1) is 11.8. The zero-order valence-corrected chi connectivity index (χ0v) is 15.0. The molecule has 0 radical (unpaired) electrons. The highest BCUT2D eigenvalue weighted by molar-refractivity contribution is 5.87. The largest absolute Gasteiger partial charge is 0.357 e. The number of nitrogens with zero attached hydrogens (tertiary/aromatic N) is 2. The molecule has 7 heteroatoms. The van der Waals surface area contributed by atoms with Gasteiger partial charge in [0.05, 0.1) is 17.2 Å². The van der Waals surface area contributed by atoms with E-state index in [4.69, 9.17) is 0 Å². The molecule has 25 heavy (non-hydrogen) atoms. The highest BCUT2D eigenvalue weighted by atomic mass is 16.2. The third kappa shape index (κ3) is 4.43. The van der Waals surface area contributed by atoms with Gasteiger partial charge in [-0.3, -0.25) is 19.0 Å². The Kier molecular flexibility index (Phi) is 5.90. The molecular formula is C18H24N4O3. The Morgan fingerprint density at radius 1 is 1.28 bits per heavy atom. The average Bonchev–Trinajstić information content (AvgIpc) is 2.56. The first kappa shape index (κ1) is 18.6. The molecule has 0 saturated heterocycles. The lowest BCUT2D eigenvalue weighted by Crippen LogP contribution is -2.47. The van der Waals surface area contributed by atoms with Crippen LogP contribution in [0.15, 0.2) is 29.3 Å². The highest BCUT2D eigenvalue weighted by Crippen LogP contribution is 2.11. The van der Waals surface area contributed by atoms with E-state index in [-0.39, 0.29) is 23.9 Å². The summed E-state index contributed by atoms with van der Waals surface area (Å²) in [6, 6.07) is 4.74. The smallest absolute Gasteiger partial charge is 0.261 e. The molecule has 2 rings (SSSR count). The van der Waals surface area contributed by atoms with Gasteiger partial charge < -0.3 is 10.6 Å². The summed E-state index contributed by atoms with van der Waals surface area (Å²) >= 11 is 0. The van der Waals surface area contributed by atoms with Gasteiger partial charge in [0, 0.05) is 7.05 Å². The van der Waals surface area contributed by atoms with Crippen LogP contribution in [0.4, 0.5) is 0 Å². The number of amides is 2. The van der Waals surface area contributed by atoms with Crippen molar-refractivity contribution >= 4 is 22.7 Å². The summed E-state index contributed by atoms with van der Waals surface area (Å²) < 4.78 is 1.26. The van der Waals surface area contributed by atoms with E-state index in [1.165, 1.54) is 17.9 Å². The van der Waals surface area contributed by atoms with Crippen molar-refractivity contribution in [2.24, 2.45) is 5.92 Å². The second-order valence-electron chi connectivity index (χ2n) is 6.51. The normalized spacial score (nSPS) is 12.2. The van der Waals surface area contributed by atoms with Crippen molar-refractivity contribution in [3.63, 3.8) is 0 Å². The van der Waals surface area contributed by atoms with Crippen LogP contribution in [-0.4, -0.2) is 34.5 Å². The van der Waals surface area contributed by atoms with Crippen molar-refractivity contribution in [1.82, 2.24) is 20.2 Å². The van der Waals surface area contributed by atoms with Crippen LogP contribution in [0.3, 0.4) is 0 Å². The number of hydrogen-bond acceptors (Lipinski definition) is 4. The first-order valence-electron chi connectivity index (χ1n) is 8.29. The lowest BCUT2D eigenvalue weighted by Gasteiger charge is -2.19. The molecule has 0 bridgehead atoms. The van der Waals surface area contributed by atoms with E-state index in [1.54, 1.807) is 12.1 Å². The van der Waals surface area contributed by atoms with Gasteiger partial charge in [-0.2, -0.15) is 0 Å². The minimum atomic E-state index is -0.621. The van der Waals surface area contributed by atoms with Gasteiger partial charge in [-0.05, 0) is 30.9 Å². The number of aromatic nitrogens is 2. The van der Waals surface area contributed by atoms with E-state index in [9.17, 15) is 14.4 Å². The van der Waals surface area contributed by atoms with E-state index in [1.807, 2.05) is 26.8 Å². The van der Waals surface area contributed by atoms with E-state index < -0.39 is 11.9 Å². The Hall–Kier alpha value is -2.70. The number of carbonyl (C=O) groups excluding carboxylic acids is 2. The summed E-state index contributed by atoms with van der Waals surface area (Å²) in [7, 11) is 1.53. The molecule has 2 aromatic rings. The molecule has 1 unspecified atom stereocenters. The predicted molar refractivity (Wildman–Crippen MR) is 96.2 cm³/mol. The molecule has 0 aliphatic heterocycles. The number of rotatable bonds is 6. The summed E-state index contributed by atoms with van der Waals surface area (Å²) in [5.41, 5.74) is 1.26. The third-order valence-electron chi connectivity index (χ3n) is 3.97. The van der Waals surface area contributed by atoms with Crippen LogP contribution in [0, 0.1) is 12.8 Å². The number of likely N-dealkylation sites (N-methyl/N-ethyl adjacent to an activating group) is 1. The number of aryl methyl sites for hydroxylation is 1. The zero-order chi connectivity index (χ0) is 18.6. The van der Waals surface area contributed by atoms with Gasteiger partial charge in [-0.25, -0.2) is 4.98 Å². The summed E-state index contributed by atoms with van der Waals surface area (Å²) in [5, 5.41) is 5.72. The van der Waals surface area contributed by atoms with Crippen LogP contribution in [0.5, 0.6) is 0 Å². The third-order valence-corrected chi connectivity index (χ3v) is 3.97. The zero-order valence-electron chi connectivity index (χ0n) is 15.0. The molecular weight excluding hydrogens is 320 g/mol. The highest BCUT2D eigenvalue weighted by Gasteiger charge is 2.21. The molecule has 7 nitrogen and oxygen atoms in total. The first-order valence-corrected chi connectivity index (χ1v) is 8.29. The van der Waals surface area contributed by atoms with Crippen LogP contribution in [-0.2, 0) is 16.1 Å². The number of benzene rings is 1. The van der Waals surface area contributed by atoms with Gasteiger partial charge in [0.1, 0.15) is 12.6 Å². The van der Waals surface area contributed by atoms with Crippen LogP contribution in [0.1, 0.15) is 25.8 Å². The minimum Gasteiger partial charge on any atom is -0.357 e. The molecule has 0 aliphatic carbocycles. The maximum absolute atomic E-state index is 12.5.